The van der Waals surface area contributed by atoms with Gasteiger partial charge < -0.3 is 9.64 Å². The molecule has 0 radical (unpaired) electrons. The van der Waals surface area contributed by atoms with Crippen LogP contribution in [0.5, 0.6) is 0 Å². The quantitative estimate of drug-likeness (QED) is 0.154. The summed E-state index contributed by atoms with van der Waals surface area (Å²) in [5.74, 6) is 1.02. The van der Waals surface area contributed by atoms with Gasteiger partial charge in [-0.05, 0) is 31.1 Å². The number of amides is 1. The van der Waals surface area contributed by atoms with Gasteiger partial charge in [0.1, 0.15) is 0 Å². The minimum Gasteiger partial charge on any atom is -0.466 e. The van der Waals surface area contributed by atoms with Gasteiger partial charge in [-0.3, -0.25) is 9.59 Å². The van der Waals surface area contributed by atoms with Crippen molar-refractivity contribution in [2.24, 2.45) is 11.8 Å². The minimum absolute atomic E-state index is 0.128. The van der Waals surface area contributed by atoms with Gasteiger partial charge in [-0.1, -0.05) is 92.4 Å². The van der Waals surface area contributed by atoms with E-state index < -0.39 is 0 Å². The van der Waals surface area contributed by atoms with Crippen molar-refractivity contribution < 1.29 is 14.3 Å². The van der Waals surface area contributed by atoms with Crippen LogP contribution in [0, 0.1) is 11.8 Å². The van der Waals surface area contributed by atoms with E-state index in [-0.39, 0.29) is 24.7 Å². The average Bonchev–Trinajstić information content (AvgIpc) is 2.76. The molecule has 4 heteroatoms. The molecular formula is C26H51NO3. The Bertz CT molecular complexity index is 407. The summed E-state index contributed by atoms with van der Waals surface area (Å²) >= 11 is 0. The van der Waals surface area contributed by atoms with Gasteiger partial charge in [-0.15, -0.1) is 0 Å². The van der Waals surface area contributed by atoms with E-state index in [0.29, 0.717) is 18.4 Å². The van der Waals surface area contributed by atoms with E-state index in [1.165, 1.54) is 51.4 Å². The van der Waals surface area contributed by atoms with Crippen molar-refractivity contribution in [3.05, 3.63) is 0 Å². The molecule has 0 rings (SSSR count). The lowest BCUT2D eigenvalue weighted by Crippen LogP contribution is -2.39. The Labute approximate surface area is 187 Å². The highest BCUT2D eigenvalue weighted by atomic mass is 16.5. The van der Waals surface area contributed by atoms with Crippen LogP contribution in [0.15, 0.2) is 0 Å². The molecule has 0 saturated heterocycles. The predicted octanol–water partition coefficient (Wildman–Crippen LogP) is 7.15. The summed E-state index contributed by atoms with van der Waals surface area (Å²) in [6.45, 7) is 13.2. The lowest BCUT2D eigenvalue weighted by atomic mass is 9.95. The van der Waals surface area contributed by atoms with Crippen LogP contribution >= 0.6 is 0 Å². The first-order chi connectivity index (χ1) is 14.5. The number of esters is 1. The van der Waals surface area contributed by atoms with E-state index >= 15 is 0 Å². The van der Waals surface area contributed by atoms with Crippen LogP contribution in [-0.2, 0) is 14.3 Å². The van der Waals surface area contributed by atoms with Crippen molar-refractivity contribution in [2.75, 3.05) is 19.7 Å². The minimum atomic E-state index is -0.226. The first-order valence-corrected chi connectivity index (χ1v) is 12.9. The SMILES string of the molecule is CCCCCCOC(=O)CCC(=O)N(CC(CC)CCCC)CC(CC)CCCC. The predicted molar refractivity (Wildman–Crippen MR) is 128 cm³/mol. The van der Waals surface area contributed by atoms with Crippen LogP contribution in [0.3, 0.4) is 0 Å². The zero-order chi connectivity index (χ0) is 22.6. The summed E-state index contributed by atoms with van der Waals surface area (Å²) in [6, 6.07) is 0. The number of nitrogens with zero attached hydrogens (tertiary/aromatic N) is 1. The topological polar surface area (TPSA) is 46.6 Å². The van der Waals surface area contributed by atoms with Crippen LogP contribution < -0.4 is 0 Å². The first-order valence-electron chi connectivity index (χ1n) is 12.9. The van der Waals surface area contributed by atoms with Crippen LogP contribution in [0.25, 0.3) is 0 Å². The molecule has 0 N–H and O–H groups in total. The molecule has 30 heavy (non-hydrogen) atoms. The summed E-state index contributed by atoms with van der Waals surface area (Å²) in [7, 11) is 0. The number of ether oxygens (including phenoxy) is 1. The Kier molecular flexibility index (Phi) is 19.2. The molecule has 0 aromatic heterocycles. The normalized spacial score (nSPS) is 13.1. The summed E-state index contributed by atoms with van der Waals surface area (Å²) < 4.78 is 5.32. The molecule has 0 bridgehead atoms. The molecule has 4 nitrogen and oxygen atoms in total. The number of rotatable bonds is 20. The van der Waals surface area contributed by atoms with E-state index in [2.05, 4.69) is 39.5 Å². The molecule has 0 aliphatic carbocycles. The summed E-state index contributed by atoms with van der Waals surface area (Å²) in [5, 5.41) is 0. The van der Waals surface area contributed by atoms with Crippen molar-refractivity contribution in [2.45, 2.75) is 125 Å². The van der Waals surface area contributed by atoms with Crippen LogP contribution in [0.2, 0.25) is 0 Å². The van der Waals surface area contributed by atoms with Gasteiger partial charge in [0.2, 0.25) is 5.91 Å². The Morgan fingerprint density at radius 1 is 0.700 bits per heavy atom. The Balaban J connectivity index is 4.72. The molecule has 2 unspecified atom stereocenters. The highest BCUT2D eigenvalue weighted by molar-refractivity contribution is 5.81. The standard InChI is InChI=1S/C26H51NO3/c1-6-11-14-15-20-30-26(29)19-18-25(28)27(21-23(9-4)16-12-7-2)22-24(10-5)17-13-8-3/h23-24H,6-22H2,1-5H3. The second-order valence-corrected chi connectivity index (χ2v) is 8.91. The van der Waals surface area contributed by atoms with E-state index in [0.717, 1.165) is 38.8 Å². The van der Waals surface area contributed by atoms with E-state index in [4.69, 9.17) is 4.74 Å². The Hall–Kier alpha value is -1.06. The molecule has 2 atom stereocenters. The number of carbonyl (C=O) groups excluding carboxylic acids is 2. The van der Waals surface area contributed by atoms with Crippen LogP contribution in [0.1, 0.15) is 125 Å². The first kappa shape index (κ1) is 28.9. The lowest BCUT2D eigenvalue weighted by molar-refractivity contribution is -0.146. The fraction of sp³-hybridized carbons (Fsp3) is 0.923. The summed E-state index contributed by atoms with van der Waals surface area (Å²) in [5.41, 5.74) is 0. The fourth-order valence-corrected chi connectivity index (χ4v) is 3.89. The monoisotopic (exact) mass is 425 g/mol. The Morgan fingerprint density at radius 2 is 1.23 bits per heavy atom. The van der Waals surface area contributed by atoms with Crippen LogP contribution in [0.4, 0.5) is 0 Å². The Morgan fingerprint density at radius 3 is 1.70 bits per heavy atom. The van der Waals surface area contributed by atoms with E-state index in [9.17, 15) is 9.59 Å². The van der Waals surface area contributed by atoms with Gasteiger partial charge in [0.25, 0.3) is 0 Å². The van der Waals surface area contributed by atoms with Crippen molar-refractivity contribution in [1.29, 1.82) is 0 Å². The molecule has 1 amide bonds. The van der Waals surface area contributed by atoms with Gasteiger partial charge in [0.05, 0.1) is 13.0 Å². The highest BCUT2D eigenvalue weighted by Gasteiger charge is 2.22. The molecule has 0 heterocycles. The molecule has 0 saturated carbocycles. The highest BCUT2D eigenvalue weighted by Crippen LogP contribution is 2.20. The third-order valence-electron chi connectivity index (χ3n) is 6.20. The van der Waals surface area contributed by atoms with Gasteiger partial charge >= 0.3 is 5.97 Å². The second-order valence-electron chi connectivity index (χ2n) is 8.91. The molecule has 0 aromatic rings. The number of hydrogen-bond acceptors (Lipinski definition) is 3. The molecule has 0 spiro atoms. The van der Waals surface area contributed by atoms with Crippen molar-refractivity contribution in [1.82, 2.24) is 4.90 Å². The van der Waals surface area contributed by atoms with Crippen molar-refractivity contribution in [3.63, 3.8) is 0 Å². The zero-order valence-corrected chi connectivity index (χ0v) is 20.8. The van der Waals surface area contributed by atoms with Gasteiger partial charge in [0, 0.05) is 19.5 Å². The molecular weight excluding hydrogens is 374 g/mol. The maximum absolute atomic E-state index is 13.0. The van der Waals surface area contributed by atoms with Gasteiger partial charge in [0.15, 0.2) is 0 Å². The molecule has 0 fully saturated rings. The number of hydrogen-bond donors (Lipinski definition) is 0. The maximum Gasteiger partial charge on any atom is 0.306 e. The van der Waals surface area contributed by atoms with Crippen molar-refractivity contribution >= 4 is 11.9 Å². The molecule has 0 aliphatic heterocycles. The maximum atomic E-state index is 13.0. The van der Waals surface area contributed by atoms with Crippen LogP contribution in [-0.4, -0.2) is 36.5 Å². The van der Waals surface area contributed by atoms with Gasteiger partial charge in [-0.2, -0.15) is 0 Å². The molecule has 178 valence electrons. The third-order valence-corrected chi connectivity index (χ3v) is 6.20. The lowest BCUT2D eigenvalue weighted by Gasteiger charge is -2.31. The smallest absolute Gasteiger partial charge is 0.306 e. The van der Waals surface area contributed by atoms with Crippen molar-refractivity contribution in [3.8, 4) is 0 Å². The number of unbranched alkanes of at least 4 members (excludes halogenated alkanes) is 5. The summed E-state index contributed by atoms with van der Waals surface area (Å²) in [6.07, 6.45) is 14.3. The van der Waals surface area contributed by atoms with E-state index in [1.807, 2.05) is 0 Å². The third kappa shape index (κ3) is 14.8. The molecule has 0 aromatic carbocycles. The largest absolute Gasteiger partial charge is 0.466 e. The zero-order valence-electron chi connectivity index (χ0n) is 20.8. The number of carbonyl (C=O) groups is 2. The second kappa shape index (κ2) is 19.9. The fourth-order valence-electron chi connectivity index (χ4n) is 3.89. The van der Waals surface area contributed by atoms with E-state index in [1.54, 1.807) is 0 Å². The summed E-state index contributed by atoms with van der Waals surface area (Å²) in [4.78, 5) is 27.2. The average molecular weight is 426 g/mol. The van der Waals surface area contributed by atoms with Gasteiger partial charge in [-0.25, -0.2) is 0 Å². The molecule has 0 aliphatic rings.